The first kappa shape index (κ1) is 15.5. The SMILES string of the molecule is CSCC[C@H](NC(c1ccccc1)[N+](=O)[O-])C(=O)O. The van der Waals surface area contributed by atoms with Crippen LogP contribution >= 0.6 is 11.8 Å². The molecule has 0 radical (unpaired) electrons. The van der Waals surface area contributed by atoms with Gasteiger partial charge >= 0.3 is 5.97 Å². The van der Waals surface area contributed by atoms with E-state index in [2.05, 4.69) is 5.32 Å². The van der Waals surface area contributed by atoms with E-state index in [0.717, 1.165) is 0 Å². The van der Waals surface area contributed by atoms with Crippen LogP contribution in [-0.4, -0.2) is 34.0 Å². The van der Waals surface area contributed by atoms with Gasteiger partial charge in [0.1, 0.15) is 6.04 Å². The van der Waals surface area contributed by atoms with E-state index in [1.807, 2.05) is 6.26 Å². The van der Waals surface area contributed by atoms with Gasteiger partial charge in [-0.05, 0) is 18.4 Å². The van der Waals surface area contributed by atoms with E-state index in [9.17, 15) is 14.9 Å². The van der Waals surface area contributed by atoms with Gasteiger partial charge in [-0.15, -0.1) is 0 Å². The molecule has 1 aromatic rings. The lowest BCUT2D eigenvalue weighted by Crippen LogP contribution is -2.42. The van der Waals surface area contributed by atoms with Crippen LogP contribution in [0.1, 0.15) is 18.2 Å². The highest BCUT2D eigenvalue weighted by Gasteiger charge is 2.29. The monoisotopic (exact) mass is 284 g/mol. The second-order valence-electron chi connectivity index (χ2n) is 3.94. The van der Waals surface area contributed by atoms with E-state index in [0.29, 0.717) is 17.7 Å². The van der Waals surface area contributed by atoms with Crippen molar-refractivity contribution in [1.29, 1.82) is 0 Å². The van der Waals surface area contributed by atoms with Crippen molar-refractivity contribution < 1.29 is 14.8 Å². The number of hydrogen-bond donors (Lipinski definition) is 2. The van der Waals surface area contributed by atoms with Crippen LogP contribution in [0, 0.1) is 10.1 Å². The summed E-state index contributed by atoms with van der Waals surface area (Å²) in [7, 11) is 0. The van der Waals surface area contributed by atoms with E-state index in [1.165, 1.54) is 11.8 Å². The lowest BCUT2D eigenvalue weighted by Gasteiger charge is -2.17. The van der Waals surface area contributed by atoms with Crippen molar-refractivity contribution in [2.75, 3.05) is 12.0 Å². The third kappa shape index (κ3) is 4.88. The number of aliphatic carboxylic acids is 1. The Balaban J connectivity index is 2.82. The Bertz CT molecular complexity index is 427. The Morgan fingerprint density at radius 3 is 2.58 bits per heavy atom. The second-order valence-corrected chi connectivity index (χ2v) is 4.92. The maximum absolute atomic E-state index is 11.1. The van der Waals surface area contributed by atoms with Crippen molar-refractivity contribution in [1.82, 2.24) is 5.32 Å². The molecule has 0 aliphatic heterocycles. The van der Waals surface area contributed by atoms with Crippen LogP contribution in [0.2, 0.25) is 0 Å². The first-order valence-electron chi connectivity index (χ1n) is 5.72. The molecule has 0 saturated heterocycles. The Morgan fingerprint density at radius 1 is 1.47 bits per heavy atom. The second kappa shape index (κ2) is 7.75. The van der Waals surface area contributed by atoms with Crippen LogP contribution in [0.15, 0.2) is 30.3 Å². The number of nitrogens with zero attached hydrogens (tertiary/aromatic N) is 1. The third-order valence-corrected chi connectivity index (χ3v) is 3.24. The van der Waals surface area contributed by atoms with Crippen LogP contribution in [0.3, 0.4) is 0 Å². The van der Waals surface area contributed by atoms with E-state index in [-0.39, 0.29) is 0 Å². The minimum Gasteiger partial charge on any atom is -0.480 e. The number of benzene rings is 1. The molecule has 1 aromatic carbocycles. The molecule has 0 aliphatic rings. The van der Waals surface area contributed by atoms with Gasteiger partial charge in [0.05, 0.1) is 0 Å². The lowest BCUT2D eigenvalue weighted by molar-refractivity contribution is -0.537. The number of nitrogens with one attached hydrogen (secondary N) is 1. The molecule has 0 spiro atoms. The molecule has 0 amide bonds. The van der Waals surface area contributed by atoms with Gasteiger partial charge in [-0.3, -0.25) is 14.9 Å². The minimum atomic E-state index is -1.20. The third-order valence-electron chi connectivity index (χ3n) is 2.59. The maximum atomic E-state index is 11.1. The predicted octanol–water partition coefficient (Wildman–Crippen LogP) is 1.76. The molecule has 19 heavy (non-hydrogen) atoms. The van der Waals surface area contributed by atoms with Crippen molar-refractivity contribution in [3.05, 3.63) is 46.0 Å². The quantitative estimate of drug-likeness (QED) is 0.429. The molecule has 104 valence electrons. The maximum Gasteiger partial charge on any atom is 0.320 e. The summed E-state index contributed by atoms with van der Waals surface area (Å²) in [6.07, 6.45) is 0.999. The van der Waals surface area contributed by atoms with Crippen molar-refractivity contribution in [3.8, 4) is 0 Å². The molecule has 0 fully saturated rings. The van der Waals surface area contributed by atoms with Gasteiger partial charge in [-0.2, -0.15) is 11.8 Å². The lowest BCUT2D eigenvalue weighted by atomic mass is 10.1. The van der Waals surface area contributed by atoms with Crippen molar-refractivity contribution >= 4 is 17.7 Å². The smallest absolute Gasteiger partial charge is 0.320 e. The summed E-state index contributed by atoms with van der Waals surface area (Å²) in [6, 6.07) is 7.41. The number of thioether (sulfide) groups is 1. The van der Waals surface area contributed by atoms with E-state index in [1.54, 1.807) is 30.3 Å². The van der Waals surface area contributed by atoms with Gasteiger partial charge < -0.3 is 5.11 Å². The van der Waals surface area contributed by atoms with Crippen molar-refractivity contribution in [2.24, 2.45) is 0 Å². The van der Waals surface area contributed by atoms with Crippen LogP contribution < -0.4 is 5.32 Å². The number of carboxylic acid groups (broad SMARTS) is 1. The normalized spacial score (nSPS) is 13.7. The zero-order valence-corrected chi connectivity index (χ0v) is 11.3. The summed E-state index contributed by atoms with van der Waals surface area (Å²) in [4.78, 5) is 21.7. The largest absolute Gasteiger partial charge is 0.480 e. The molecule has 7 heteroatoms. The highest BCUT2D eigenvalue weighted by atomic mass is 32.2. The van der Waals surface area contributed by atoms with Crippen molar-refractivity contribution in [2.45, 2.75) is 18.6 Å². The molecule has 1 rings (SSSR count). The van der Waals surface area contributed by atoms with Crippen LogP contribution in [0.25, 0.3) is 0 Å². The van der Waals surface area contributed by atoms with E-state index < -0.39 is 23.1 Å². The molecule has 1 unspecified atom stereocenters. The summed E-state index contributed by atoms with van der Waals surface area (Å²) in [5, 5.41) is 22.8. The molecule has 0 aromatic heterocycles. The fraction of sp³-hybridized carbons (Fsp3) is 0.417. The van der Waals surface area contributed by atoms with Gasteiger partial charge in [0.15, 0.2) is 0 Å². The van der Waals surface area contributed by atoms with E-state index in [4.69, 9.17) is 5.11 Å². The molecular formula is C12H16N2O4S. The number of hydrogen-bond acceptors (Lipinski definition) is 5. The molecule has 0 aliphatic carbocycles. The molecular weight excluding hydrogens is 268 g/mol. The standard InChI is InChI=1S/C12H16N2O4S/c1-19-8-7-10(12(15)16)13-11(14(17)18)9-5-3-2-4-6-9/h2-6,10-11,13H,7-8H2,1H3,(H,15,16)/t10-,11?/m0/s1. The first-order chi connectivity index (χ1) is 9.06. The Hall–Kier alpha value is -1.60. The molecule has 0 bridgehead atoms. The Morgan fingerprint density at radius 2 is 2.11 bits per heavy atom. The van der Waals surface area contributed by atoms with Crippen LogP contribution in [0.5, 0.6) is 0 Å². The van der Waals surface area contributed by atoms with Gasteiger partial charge in [-0.1, -0.05) is 30.3 Å². The van der Waals surface area contributed by atoms with Crippen molar-refractivity contribution in [3.63, 3.8) is 0 Å². The first-order valence-corrected chi connectivity index (χ1v) is 7.12. The minimum absolute atomic E-state index is 0.341. The Labute approximate surface area is 115 Å². The van der Waals surface area contributed by atoms with Gasteiger partial charge in [0, 0.05) is 10.5 Å². The highest BCUT2D eigenvalue weighted by molar-refractivity contribution is 7.98. The predicted molar refractivity (Wildman–Crippen MR) is 73.7 cm³/mol. The average molecular weight is 284 g/mol. The van der Waals surface area contributed by atoms with Gasteiger partial charge in [0.25, 0.3) is 6.17 Å². The topological polar surface area (TPSA) is 92.5 Å². The molecule has 2 atom stereocenters. The number of carboxylic acids is 1. The molecule has 0 saturated carbocycles. The van der Waals surface area contributed by atoms with Gasteiger partial charge in [-0.25, -0.2) is 5.32 Å². The molecule has 6 nitrogen and oxygen atoms in total. The number of carbonyl (C=O) groups is 1. The van der Waals surface area contributed by atoms with Crippen LogP contribution in [0.4, 0.5) is 0 Å². The van der Waals surface area contributed by atoms with Gasteiger partial charge in [0.2, 0.25) is 0 Å². The zero-order valence-electron chi connectivity index (χ0n) is 10.5. The molecule has 0 heterocycles. The highest BCUT2D eigenvalue weighted by Crippen LogP contribution is 2.15. The number of rotatable bonds is 8. The molecule has 2 N–H and O–H groups in total. The summed E-state index contributed by atoms with van der Waals surface area (Å²) in [6.45, 7) is 0. The summed E-state index contributed by atoms with van der Waals surface area (Å²) >= 11 is 1.51. The fourth-order valence-corrected chi connectivity index (χ4v) is 2.09. The van der Waals surface area contributed by atoms with E-state index >= 15 is 0 Å². The summed E-state index contributed by atoms with van der Waals surface area (Å²) in [5.41, 5.74) is 0.447. The number of nitro groups is 1. The summed E-state index contributed by atoms with van der Waals surface area (Å²) in [5.74, 6) is -0.444. The van der Waals surface area contributed by atoms with Crippen LogP contribution in [-0.2, 0) is 4.79 Å². The fourth-order valence-electron chi connectivity index (χ4n) is 1.62. The summed E-state index contributed by atoms with van der Waals surface area (Å²) < 4.78 is 0. The average Bonchev–Trinajstić information content (AvgIpc) is 2.39. The Kier molecular flexibility index (Phi) is 6.31. The zero-order chi connectivity index (χ0) is 14.3.